The fraction of sp³-hybridized carbons (Fsp3) is 0.591. The van der Waals surface area contributed by atoms with Crippen LogP contribution in [0.5, 0.6) is 0 Å². The van der Waals surface area contributed by atoms with Crippen molar-refractivity contribution in [2.75, 3.05) is 26.2 Å². The summed E-state index contributed by atoms with van der Waals surface area (Å²) in [5, 5.41) is 6.57. The number of carbonyl (C=O) groups is 1. The number of rotatable bonds is 4. The van der Waals surface area contributed by atoms with Crippen molar-refractivity contribution in [3.8, 4) is 0 Å². The van der Waals surface area contributed by atoms with E-state index in [4.69, 9.17) is 0 Å². The molecule has 7 nitrogen and oxygen atoms in total. The van der Waals surface area contributed by atoms with E-state index >= 15 is 0 Å². The molecule has 5 rings (SSSR count). The van der Waals surface area contributed by atoms with Crippen LogP contribution in [0.1, 0.15) is 49.4 Å². The highest BCUT2D eigenvalue weighted by molar-refractivity contribution is 5.84. The van der Waals surface area contributed by atoms with Crippen molar-refractivity contribution in [3.63, 3.8) is 0 Å². The Bertz CT molecular complexity index is 923. The molecule has 1 amide bonds. The number of amides is 1. The van der Waals surface area contributed by atoms with E-state index in [1.807, 2.05) is 6.07 Å². The number of aromatic amines is 2. The lowest BCUT2D eigenvalue weighted by atomic mass is 9.78. The van der Waals surface area contributed by atoms with E-state index < -0.39 is 0 Å². The summed E-state index contributed by atoms with van der Waals surface area (Å²) >= 11 is 0. The molecule has 2 saturated heterocycles. The van der Waals surface area contributed by atoms with E-state index in [1.54, 1.807) is 0 Å². The molecule has 154 valence electrons. The number of nitrogens with one attached hydrogen (secondary N) is 2. The van der Waals surface area contributed by atoms with Crippen LogP contribution < -0.4 is 5.69 Å². The molecule has 3 fully saturated rings. The average molecular weight is 396 g/mol. The van der Waals surface area contributed by atoms with Gasteiger partial charge in [0.2, 0.25) is 5.91 Å². The predicted octanol–water partition coefficient (Wildman–Crippen LogP) is 2.11. The highest BCUT2D eigenvalue weighted by Crippen LogP contribution is 2.50. The van der Waals surface area contributed by atoms with Gasteiger partial charge in [-0.1, -0.05) is 36.8 Å². The van der Waals surface area contributed by atoms with Gasteiger partial charge < -0.3 is 4.90 Å². The molecule has 3 heterocycles. The maximum Gasteiger partial charge on any atom is 0.340 e. The van der Waals surface area contributed by atoms with Gasteiger partial charge >= 0.3 is 5.69 Å². The van der Waals surface area contributed by atoms with E-state index in [1.165, 1.54) is 5.56 Å². The van der Waals surface area contributed by atoms with E-state index in [0.717, 1.165) is 58.3 Å². The zero-order valence-corrected chi connectivity index (χ0v) is 16.8. The van der Waals surface area contributed by atoms with E-state index in [2.05, 4.69) is 49.2 Å². The number of piperidine rings is 1. The van der Waals surface area contributed by atoms with Crippen LogP contribution in [0.2, 0.25) is 0 Å². The minimum Gasteiger partial charge on any atom is -0.341 e. The van der Waals surface area contributed by atoms with Crippen LogP contribution in [0.25, 0.3) is 0 Å². The third-order valence-electron chi connectivity index (χ3n) is 7.23. The zero-order chi connectivity index (χ0) is 19.8. The summed E-state index contributed by atoms with van der Waals surface area (Å²) in [4.78, 5) is 32.5. The largest absolute Gasteiger partial charge is 0.341 e. The Kier molecular flexibility index (Phi) is 4.78. The molecule has 1 aliphatic carbocycles. The molecular formula is C22H29N5O2. The maximum absolute atomic E-state index is 13.8. The molecule has 0 spiro atoms. The Hall–Kier alpha value is -2.41. The van der Waals surface area contributed by atoms with Gasteiger partial charge in [-0.15, -0.1) is 0 Å². The van der Waals surface area contributed by atoms with Crippen LogP contribution in [-0.2, 0) is 11.3 Å². The lowest BCUT2D eigenvalue weighted by Gasteiger charge is -2.38. The number of fused-ring (bicyclic) bond motifs is 1. The third-order valence-corrected chi connectivity index (χ3v) is 7.23. The monoisotopic (exact) mass is 395 g/mol. The molecule has 3 aliphatic rings. The van der Waals surface area contributed by atoms with Crippen molar-refractivity contribution in [3.05, 3.63) is 52.2 Å². The normalized spacial score (nSPS) is 29.9. The lowest BCUT2D eigenvalue weighted by Crippen LogP contribution is -2.50. The van der Waals surface area contributed by atoms with Gasteiger partial charge in [0.15, 0.2) is 0 Å². The molecule has 1 aromatic heterocycles. The van der Waals surface area contributed by atoms with Crippen LogP contribution in [-0.4, -0.2) is 57.1 Å². The number of benzene rings is 1. The van der Waals surface area contributed by atoms with Crippen molar-refractivity contribution in [1.82, 2.24) is 25.0 Å². The first kappa shape index (κ1) is 18.6. The van der Waals surface area contributed by atoms with Crippen LogP contribution in [0.3, 0.4) is 0 Å². The second kappa shape index (κ2) is 7.44. The fourth-order valence-electron chi connectivity index (χ4n) is 5.88. The molecule has 2 aliphatic heterocycles. The van der Waals surface area contributed by atoms with Crippen molar-refractivity contribution in [2.24, 2.45) is 11.3 Å². The van der Waals surface area contributed by atoms with E-state index in [9.17, 15) is 9.59 Å². The quantitative estimate of drug-likeness (QED) is 0.830. The van der Waals surface area contributed by atoms with Gasteiger partial charge in [-0.3, -0.25) is 14.7 Å². The van der Waals surface area contributed by atoms with Gasteiger partial charge in [-0.25, -0.2) is 9.89 Å². The summed E-state index contributed by atoms with van der Waals surface area (Å²) in [6.45, 7) is 4.28. The molecule has 1 aromatic carbocycles. The number of aromatic nitrogens is 3. The minimum atomic E-state index is -0.273. The Labute approximate surface area is 170 Å². The highest BCUT2D eigenvalue weighted by atomic mass is 16.2. The Morgan fingerprint density at radius 3 is 2.83 bits per heavy atom. The van der Waals surface area contributed by atoms with Gasteiger partial charge in [0.1, 0.15) is 5.82 Å². The van der Waals surface area contributed by atoms with Crippen LogP contribution in [0.15, 0.2) is 35.1 Å². The number of nitrogens with zero attached hydrogens (tertiary/aromatic N) is 3. The molecule has 7 heteroatoms. The second-order valence-corrected chi connectivity index (χ2v) is 9.05. The molecule has 2 N–H and O–H groups in total. The van der Waals surface area contributed by atoms with Gasteiger partial charge in [0, 0.05) is 38.6 Å². The van der Waals surface area contributed by atoms with Gasteiger partial charge in [0.05, 0.1) is 5.41 Å². The third kappa shape index (κ3) is 3.41. The number of hydrogen-bond acceptors (Lipinski definition) is 4. The fourth-order valence-corrected chi connectivity index (χ4v) is 5.88. The standard InChI is InChI=1S/C22H29N5O2/c28-20(27-11-5-8-17(13-27)19-23-21(29)25-24-19)22-10-4-9-18(22)14-26(15-22)12-16-6-2-1-3-7-16/h1-3,6-7,17-18H,4-5,8-15H2,(H2,23,24,25,29)/t17?,18-,22?/m1/s1. The molecule has 0 bridgehead atoms. The zero-order valence-electron chi connectivity index (χ0n) is 16.8. The number of H-pyrrole nitrogens is 2. The summed E-state index contributed by atoms with van der Waals surface area (Å²) in [5.74, 6) is 1.59. The average Bonchev–Trinajstić information content (AvgIpc) is 3.43. The molecular weight excluding hydrogens is 366 g/mol. The van der Waals surface area contributed by atoms with E-state index in [-0.39, 0.29) is 17.0 Å². The Morgan fingerprint density at radius 2 is 2.03 bits per heavy atom. The summed E-state index contributed by atoms with van der Waals surface area (Å²) in [7, 11) is 0. The minimum absolute atomic E-state index is 0.115. The van der Waals surface area contributed by atoms with Gasteiger partial charge in [-0.05, 0) is 37.2 Å². The van der Waals surface area contributed by atoms with Crippen LogP contribution in [0.4, 0.5) is 0 Å². The first-order valence-electron chi connectivity index (χ1n) is 10.8. The predicted molar refractivity (Wildman–Crippen MR) is 109 cm³/mol. The smallest absolute Gasteiger partial charge is 0.340 e. The maximum atomic E-state index is 13.8. The summed E-state index contributed by atoms with van der Waals surface area (Å²) < 4.78 is 0. The summed E-state index contributed by atoms with van der Waals surface area (Å²) in [5.41, 5.74) is 0.816. The van der Waals surface area contributed by atoms with Crippen molar-refractivity contribution >= 4 is 5.91 Å². The molecule has 1 saturated carbocycles. The van der Waals surface area contributed by atoms with Crippen molar-refractivity contribution in [1.29, 1.82) is 0 Å². The van der Waals surface area contributed by atoms with Crippen molar-refractivity contribution in [2.45, 2.75) is 44.6 Å². The summed E-state index contributed by atoms with van der Waals surface area (Å²) in [6.07, 6.45) is 5.23. The SMILES string of the molecule is O=C(N1CCCC(c2n[nH]c(=O)[nH]2)C1)C12CCC[C@@H]1CN(Cc1ccccc1)C2. The van der Waals surface area contributed by atoms with Gasteiger partial charge in [0.25, 0.3) is 0 Å². The summed E-state index contributed by atoms with van der Waals surface area (Å²) in [6, 6.07) is 10.6. The molecule has 29 heavy (non-hydrogen) atoms. The number of likely N-dealkylation sites (tertiary alicyclic amines) is 2. The Balaban J connectivity index is 1.31. The Morgan fingerprint density at radius 1 is 1.17 bits per heavy atom. The van der Waals surface area contributed by atoms with Crippen LogP contribution in [0, 0.1) is 11.3 Å². The highest BCUT2D eigenvalue weighted by Gasteiger charge is 2.55. The molecule has 2 aromatic rings. The topological polar surface area (TPSA) is 85.1 Å². The van der Waals surface area contributed by atoms with Crippen LogP contribution >= 0.6 is 0 Å². The second-order valence-electron chi connectivity index (χ2n) is 9.05. The first-order chi connectivity index (χ1) is 14.1. The number of hydrogen-bond donors (Lipinski definition) is 2. The van der Waals surface area contributed by atoms with Gasteiger partial charge in [-0.2, -0.15) is 5.10 Å². The molecule has 2 unspecified atom stereocenters. The molecule has 0 radical (unpaired) electrons. The molecule has 3 atom stereocenters. The van der Waals surface area contributed by atoms with Crippen molar-refractivity contribution < 1.29 is 4.79 Å². The van der Waals surface area contributed by atoms with E-state index in [0.29, 0.717) is 24.2 Å². The first-order valence-corrected chi connectivity index (χ1v) is 10.8. The lowest BCUT2D eigenvalue weighted by molar-refractivity contribution is -0.144. The number of carbonyl (C=O) groups excluding carboxylic acids is 1.